The van der Waals surface area contributed by atoms with Crippen LogP contribution in [-0.4, -0.2) is 48.4 Å². The molecule has 8 nitrogen and oxygen atoms in total. The van der Waals surface area contributed by atoms with Crippen molar-refractivity contribution in [1.82, 2.24) is 5.32 Å². The Hall–Kier alpha value is -1.64. The third kappa shape index (κ3) is 3.99. The molecule has 0 bridgehead atoms. The van der Waals surface area contributed by atoms with Gasteiger partial charge in [0.1, 0.15) is 10.8 Å². The molecule has 0 rings (SSSR count). The van der Waals surface area contributed by atoms with Gasteiger partial charge in [-0.15, -0.1) is 0 Å². The minimum absolute atomic E-state index is 0.610. The second kappa shape index (κ2) is 5.34. The zero-order chi connectivity index (χ0) is 14.7. The number of nitrogens with two attached hydrogens (primary N) is 1. The van der Waals surface area contributed by atoms with E-state index in [0.29, 0.717) is 0 Å². The van der Waals surface area contributed by atoms with Crippen molar-refractivity contribution in [3.05, 3.63) is 0 Å². The fourth-order valence-electron chi connectivity index (χ4n) is 0.902. The molecule has 18 heavy (non-hydrogen) atoms. The molecule has 0 aliphatic heterocycles. The molecule has 0 heterocycles. The van der Waals surface area contributed by atoms with Crippen LogP contribution < -0.4 is 11.1 Å². The third-order valence-corrected chi connectivity index (χ3v) is 4.52. The Labute approximate surface area is 104 Å². The minimum Gasteiger partial charge on any atom is -0.480 e. The summed E-state index contributed by atoms with van der Waals surface area (Å²) in [5.41, 5.74) is 4.83. The second-order valence-electron chi connectivity index (χ2n) is 4.32. The molecule has 0 aliphatic carbocycles. The molecule has 0 aromatic heterocycles. The maximum atomic E-state index is 11.7. The van der Waals surface area contributed by atoms with Gasteiger partial charge < -0.3 is 16.2 Å². The zero-order valence-corrected chi connectivity index (χ0v) is 11.1. The van der Waals surface area contributed by atoms with Crippen LogP contribution in [0.4, 0.5) is 0 Å². The van der Waals surface area contributed by atoms with E-state index in [2.05, 4.69) is 0 Å². The number of carbonyl (C=O) groups excluding carboxylic acids is 2. The number of aliphatic carboxylic acids is 1. The van der Waals surface area contributed by atoms with E-state index < -0.39 is 44.8 Å². The number of nitrogens with one attached hydrogen (secondary N) is 1. The van der Waals surface area contributed by atoms with Gasteiger partial charge in [-0.3, -0.25) is 9.59 Å². The lowest BCUT2D eigenvalue weighted by molar-refractivity contribution is -0.143. The molecule has 1 unspecified atom stereocenters. The molecule has 0 radical (unpaired) electrons. The number of hydrogen-bond donors (Lipinski definition) is 3. The van der Waals surface area contributed by atoms with Gasteiger partial charge in [0.15, 0.2) is 9.84 Å². The fourth-order valence-corrected chi connectivity index (χ4v) is 1.30. The van der Waals surface area contributed by atoms with E-state index in [0.717, 1.165) is 20.1 Å². The maximum Gasteiger partial charge on any atom is 0.326 e. The van der Waals surface area contributed by atoms with Crippen molar-refractivity contribution in [3.63, 3.8) is 0 Å². The summed E-state index contributed by atoms with van der Waals surface area (Å²) in [5, 5.41) is 10.7. The van der Waals surface area contributed by atoms with Crippen LogP contribution in [0.2, 0.25) is 0 Å². The summed E-state index contributed by atoms with van der Waals surface area (Å²) in [6, 6.07) is -1.55. The number of carboxylic acid groups (broad SMARTS) is 1. The van der Waals surface area contributed by atoms with Gasteiger partial charge in [-0.25, -0.2) is 13.2 Å². The molecule has 0 spiro atoms. The number of primary amides is 1. The minimum atomic E-state index is -3.72. The largest absolute Gasteiger partial charge is 0.480 e. The molecule has 4 N–H and O–H groups in total. The molecule has 0 aromatic carbocycles. The first-order chi connectivity index (χ1) is 7.89. The highest BCUT2D eigenvalue weighted by atomic mass is 32.2. The van der Waals surface area contributed by atoms with Gasteiger partial charge >= 0.3 is 5.97 Å². The van der Waals surface area contributed by atoms with Crippen molar-refractivity contribution < 1.29 is 27.9 Å². The van der Waals surface area contributed by atoms with Crippen molar-refractivity contribution >= 4 is 27.6 Å². The van der Waals surface area contributed by atoms with E-state index in [9.17, 15) is 22.8 Å². The Morgan fingerprint density at radius 3 is 2.06 bits per heavy atom. The molecule has 0 fully saturated rings. The Kier molecular flexibility index (Phi) is 4.85. The van der Waals surface area contributed by atoms with Crippen LogP contribution in [0, 0.1) is 0 Å². The van der Waals surface area contributed by atoms with Crippen LogP contribution in [0.1, 0.15) is 20.3 Å². The molecular formula is C9H16N2O6S. The van der Waals surface area contributed by atoms with Gasteiger partial charge in [-0.05, 0) is 13.8 Å². The smallest absolute Gasteiger partial charge is 0.326 e. The Bertz CT molecular complexity index is 467. The van der Waals surface area contributed by atoms with Crippen LogP contribution >= 0.6 is 0 Å². The second-order valence-corrected chi connectivity index (χ2v) is 6.88. The Morgan fingerprint density at radius 1 is 1.33 bits per heavy atom. The van der Waals surface area contributed by atoms with Gasteiger partial charge in [0.2, 0.25) is 11.8 Å². The summed E-state index contributed by atoms with van der Waals surface area (Å²) in [4.78, 5) is 33.1. The summed E-state index contributed by atoms with van der Waals surface area (Å²) in [6.07, 6.45) is 0.247. The normalized spacial score (nSPS) is 13.7. The SMILES string of the molecule is CC(C)(C(=O)NC(CC(N)=O)C(=O)O)S(C)(=O)=O. The van der Waals surface area contributed by atoms with Gasteiger partial charge in [0, 0.05) is 6.26 Å². The third-order valence-electron chi connectivity index (χ3n) is 2.48. The van der Waals surface area contributed by atoms with E-state index in [1.54, 1.807) is 0 Å². The summed E-state index contributed by atoms with van der Waals surface area (Å²) < 4.78 is 20.9. The zero-order valence-electron chi connectivity index (χ0n) is 10.3. The highest BCUT2D eigenvalue weighted by molar-refractivity contribution is 7.92. The summed E-state index contributed by atoms with van der Waals surface area (Å²) in [6.45, 7) is 2.28. The standard InChI is InChI=1S/C9H16N2O6S/c1-9(2,18(3,16)17)8(15)11-5(7(13)14)4-6(10)12/h5H,4H2,1-3H3,(H2,10,12)(H,11,15)(H,13,14). The van der Waals surface area contributed by atoms with Crippen molar-refractivity contribution in [1.29, 1.82) is 0 Å². The van der Waals surface area contributed by atoms with E-state index in [-0.39, 0.29) is 0 Å². The van der Waals surface area contributed by atoms with E-state index >= 15 is 0 Å². The van der Waals surface area contributed by atoms with E-state index in [4.69, 9.17) is 10.8 Å². The Balaban J connectivity index is 5.03. The van der Waals surface area contributed by atoms with Crippen LogP contribution in [0.15, 0.2) is 0 Å². The Morgan fingerprint density at radius 2 is 1.78 bits per heavy atom. The van der Waals surface area contributed by atoms with Crippen LogP contribution in [0.25, 0.3) is 0 Å². The molecule has 0 saturated carbocycles. The molecule has 0 aliphatic rings. The monoisotopic (exact) mass is 280 g/mol. The first-order valence-electron chi connectivity index (χ1n) is 4.91. The fraction of sp³-hybridized carbons (Fsp3) is 0.667. The van der Waals surface area contributed by atoms with Crippen LogP contribution in [0.5, 0.6) is 0 Å². The number of rotatable bonds is 6. The van der Waals surface area contributed by atoms with E-state index in [1.807, 2.05) is 5.32 Å². The first kappa shape index (κ1) is 16.4. The molecule has 2 amide bonds. The molecule has 1 atom stereocenters. The lowest BCUT2D eigenvalue weighted by atomic mass is 10.1. The molecule has 104 valence electrons. The first-order valence-corrected chi connectivity index (χ1v) is 6.80. The average Bonchev–Trinajstić information content (AvgIpc) is 2.13. The summed E-state index contributed by atoms with van der Waals surface area (Å²) >= 11 is 0. The van der Waals surface area contributed by atoms with Crippen molar-refractivity contribution in [2.75, 3.05) is 6.26 Å². The lowest BCUT2D eigenvalue weighted by Gasteiger charge is -2.23. The number of sulfone groups is 1. The highest BCUT2D eigenvalue weighted by Crippen LogP contribution is 2.15. The molecule has 9 heteroatoms. The van der Waals surface area contributed by atoms with Crippen molar-refractivity contribution in [3.8, 4) is 0 Å². The van der Waals surface area contributed by atoms with Gasteiger partial charge in [-0.2, -0.15) is 0 Å². The number of carbonyl (C=O) groups is 3. The van der Waals surface area contributed by atoms with Crippen LogP contribution in [0.3, 0.4) is 0 Å². The predicted molar refractivity (Wildman–Crippen MR) is 62.3 cm³/mol. The topological polar surface area (TPSA) is 144 Å². The highest BCUT2D eigenvalue weighted by Gasteiger charge is 2.40. The maximum absolute atomic E-state index is 11.7. The number of hydrogen-bond acceptors (Lipinski definition) is 5. The quantitative estimate of drug-likeness (QED) is 0.526. The van der Waals surface area contributed by atoms with Crippen molar-refractivity contribution in [2.45, 2.75) is 31.1 Å². The molecular weight excluding hydrogens is 264 g/mol. The summed E-state index contributed by atoms with van der Waals surface area (Å²) in [5.74, 6) is -3.38. The number of carboxylic acids is 1. The van der Waals surface area contributed by atoms with Gasteiger partial charge in [0.05, 0.1) is 6.42 Å². The van der Waals surface area contributed by atoms with Crippen LogP contribution in [-0.2, 0) is 24.2 Å². The summed E-state index contributed by atoms with van der Waals surface area (Å²) in [7, 11) is -3.72. The molecule has 0 aromatic rings. The van der Waals surface area contributed by atoms with Crippen molar-refractivity contribution in [2.24, 2.45) is 5.73 Å². The van der Waals surface area contributed by atoms with E-state index in [1.165, 1.54) is 0 Å². The van der Waals surface area contributed by atoms with Gasteiger partial charge in [0.25, 0.3) is 0 Å². The lowest BCUT2D eigenvalue weighted by Crippen LogP contribution is -2.53. The average molecular weight is 280 g/mol. The predicted octanol–water partition coefficient (Wildman–Crippen LogP) is -1.75. The van der Waals surface area contributed by atoms with Gasteiger partial charge in [-0.1, -0.05) is 0 Å². The molecule has 0 saturated heterocycles. The number of amides is 2.